The molecule has 0 spiro atoms. The molecular formula is C26H27N5O3. The molecule has 0 amide bonds. The molecule has 1 saturated heterocycles. The molecule has 2 aromatic carbocycles. The minimum Gasteiger partial charge on any atom is -0.477 e. The van der Waals surface area contributed by atoms with Gasteiger partial charge in [-0.05, 0) is 48.4 Å². The number of aliphatic hydroxyl groups excluding tert-OH is 1. The summed E-state index contributed by atoms with van der Waals surface area (Å²) in [7, 11) is 0. The number of anilines is 1. The van der Waals surface area contributed by atoms with Gasteiger partial charge in [-0.2, -0.15) is 5.10 Å². The highest BCUT2D eigenvalue weighted by molar-refractivity contribution is 6.00. The number of hydrogen-bond donors (Lipinski definition) is 2. The molecule has 34 heavy (non-hydrogen) atoms. The first-order valence-electron chi connectivity index (χ1n) is 11.4. The number of aromatic carboxylic acids is 1. The van der Waals surface area contributed by atoms with Crippen LogP contribution in [0.2, 0.25) is 0 Å². The molecule has 8 nitrogen and oxygen atoms in total. The number of β-amino-alcohol motifs (C(OH)–C–C–N with tert-alkyl or cyclic N) is 1. The van der Waals surface area contributed by atoms with Crippen LogP contribution in [0.5, 0.6) is 0 Å². The zero-order chi connectivity index (χ0) is 23.7. The number of aromatic nitrogens is 3. The summed E-state index contributed by atoms with van der Waals surface area (Å²) >= 11 is 0. The molecule has 0 bridgehead atoms. The van der Waals surface area contributed by atoms with Crippen LogP contribution in [0.25, 0.3) is 27.8 Å². The van der Waals surface area contributed by atoms with Crippen molar-refractivity contribution in [2.24, 2.45) is 0 Å². The van der Waals surface area contributed by atoms with Crippen molar-refractivity contribution < 1.29 is 15.0 Å². The Balaban J connectivity index is 1.53. The Morgan fingerprint density at radius 3 is 2.32 bits per heavy atom. The van der Waals surface area contributed by atoms with Gasteiger partial charge in [0.25, 0.3) is 0 Å². The van der Waals surface area contributed by atoms with Crippen molar-refractivity contribution in [2.75, 3.05) is 44.2 Å². The maximum Gasteiger partial charge on any atom is 0.354 e. The van der Waals surface area contributed by atoms with Gasteiger partial charge in [0.1, 0.15) is 0 Å². The maximum absolute atomic E-state index is 11.9. The molecule has 4 aromatic rings. The van der Waals surface area contributed by atoms with E-state index < -0.39 is 5.97 Å². The van der Waals surface area contributed by atoms with Gasteiger partial charge in [-0.25, -0.2) is 14.5 Å². The highest BCUT2D eigenvalue weighted by Crippen LogP contribution is 2.33. The van der Waals surface area contributed by atoms with Gasteiger partial charge >= 0.3 is 5.97 Å². The molecule has 174 valence electrons. The molecule has 3 heterocycles. The molecular weight excluding hydrogens is 430 g/mol. The van der Waals surface area contributed by atoms with Crippen molar-refractivity contribution in [1.29, 1.82) is 0 Å². The standard InChI is InChI=1S/C26H27N5O3/c1-18-24-22(19-7-9-20(10-8-19)30-13-11-29(12-14-30)15-16-32)17-23(26(33)34)27-25(24)31(28-18)21-5-3-2-4-6-21/h2-10,17,32H,11-16H2,1H3,(H,33,34). The third-order valence-corrected chi connectivity index (χ3v) is 6.36. The quantitative estimate of drug-likeness (QED) is 0.459. The molecule has 1 aliphatic heterocycles. The van der Waals surface area contributed by atoms with Crippen LogP contribution in [0.4, 0.5) is 5.69 Å². The predicted molar refractivity (Wildman–Crippen MR) is 132 cm³/mol. The normalized spacial score (nSPS) is 14.6. The summed E-state index contributed by atoms with van der Waals surface area (Å²) in [5.74, 6) is -1.07. The Morgan fingerprint density at radius 1 is 0.971 bits per heavy atom. The van der Waals surface area contributed by atoms with Crippen LogP contribution in [0.15, 0.2) is 60.7 Å². The molecule has 8 heteroatoms. The molecule has 0 aliphatic carbocycles. The SMILES string of the molecule is Cc1nn(-c2ccccc2)c2nc(C(=O)O)cc(-c3ccc(N4CCN(CCO)CC4)cc3)c12. The summed E-state index contributed by atoms with van der Waals surface area (Å²) in [6.45, 7) is 6.49. The Labute approximate surface area is 197 Å². The largest absolute Gasteiger partial charge is 0.477 e. The number of pyridine rings is 1. The lowest BCUT2D eigenvalue weighted by Crippen LogP contribution is -2.47. The Bertz CT molecular complexity index is 1310. The van der Waals surface area contributed by atoms with Crippen LogP contribution in [0, 0.1) is 6.92 Å². The number of nitrogens with zero attached hydrogens (tertiary/aromatic N) is 5. The van der Waals surface area contributed by atoms with Gasteiger partial charge in [-0.15, -0.1) is 0 Å². The summed E-state index contributed by atoms with van der Waals surface area (Å²) in [5, 5.41) is 24.4. The van der Waals surface area contributed by atoms with Gasteiger partial charge in [0.05, 0.1) is 23.4 Å². The third kappa shape index (κ3) is 4.13. The first kappa shape index (κ1) is 22.1. The number of para-hydroxylation sites is 1. The smallest absolute Gasteiger partial charge is 0.354 e. The van der Waals surface area contributed by atoms with Crippen molar-refractivity contribution in [1.82, 2.24) is 19.7 Å². The van der Waals surface area contributed by atoms with Gasteiger partial charge < -0.3 is 15.1 Å². The van der Waals surface area contributed by atoms with E-state index in [9.17, 15) is 9.90 Å². The number of carboxylic acid groups (broad SMARTS) is 1. The topological polar surface area (TPSA) is 94.7 Å². The maximum atomic E-state index is 11.9. The fourth-order valence-electron chi connectivity index (χ4n) is 4.60. The number of benzene rings is 2. The van der Waals surface area contributed by atoms with E-state index in [0.717, 1.165) is 59.8 Å². The fraction of sp³-hybridized carbons (Fsp3) is 0.269. The van der Waals surface area contributed by atoms with Crippen molar-refractivity contribution in [3.8, 4) is 16.8 Å². The van der Waals surface area contributed by atoms with Gasteiger partial charge in [0.2, 0.25) is 0 Å². The Morgan fingerprint density at radius 2 is 1.68 bits per heavy atom. The van der Waals surface area contributed by atoms with E-state index in [1.807, 2.05) is 49.4 Å². The second-order valence-corrected chi connectivity index (χ2v) is 8.49. The number of piperazine rings is 1. The fourth-order valence-corrected chi connectivity index (χ4v) is 4.60. The Kier molecular flexibility index (Phi) is 6.00. The van der Waals surface area contributed by atoms with Crippen LogP contribution in [-0.4, -0.2) is 75.2 Å². The third-order valence-electron chi connectivity index (χ3n) is 6.36. The molecule has 1 aliphatic rings. The van der Waals surface area contributed by atoms with Crippen LogP contribution < -0.4 is 4.90 Å². The van der Waals surface area contributed by atoms with Crippen LogP contribution in [0.3, 0.4) is 0 Å². The molecule has 0 unspecified atom stereocenters. The monoisotopic (exact) mass is 457 g/mol. The number of fused-ring (bicyclic) bond motifs is 1. The minimum absolute atomic E-state index is 0.0105. The number of carboxylic acids is 1. The summed E-state index contributed by atoms with van der Waals surface area (Å²) < 4.78 is 1.71. The minimum atomic E-state index is -1.07. The first-order chi connectivity index (χ1) is 16.5. The summed E-state index contributed by atoms with van der Waals surface area (Å²) in [6, 6.07) is 19.5. The highest BCUT2D eigenvalue weighted by atomic mass is 16.4. The van der Waals surface area contributed by atoms with E-state index in [1.54, 1.807) is 10.7 Å². The van der Waals surface area contributed by atoms with Crippen molar-refractivity contribution >= 4 is 22.7 Å². The van der Waals surface area contributed by atoms with Gasteiger partial charge in [0.15, 0.2) is 11.3 Å². The summed E-state index contributed by atoms with van der Waals surface area (Å²) in [6.07, 6.45) is 0. The molecule has 0 atom stereocenters. The van der Waals surface area contributed by atoms with Crippen molar-refractivity contribution in [2.45, 2.75) is 6.92 Å². The Hall–Kier alpha value is -3.75. The van der Waals surface area contributed by atoms with Gasteiger partial charge in [-0.1, -0.05) is 30.3 Å². The number of aliphatic hydroxyl groups is 1. The zero-order valence-electron chi connectivity index (χ0n) is 19.1. The summed E-state index contributed by atoms with van der Waals surface area (Å²) in [5.41, 5.74) is 5.01. The number of aryl methyl sites for hydroxylation is 1. The van der Waals surface area contributed by atoms with Crippen molar-refractivity contribution in [3.05, 3.63) is 72.1 Å². The van der Waals surface area contributed by atoms with E-state index in [2.05, 4.69) is 26.9 Å². The zero-order valence-corrected chi connectivity index (χ0v) is 19.1. The molecule has 0 saturated carbocycles. The second-order valence-electron chi connectivity index (χ2n) is 8.49. The lowest BCUT2D eigenvalue weighted by molar-refractivity contribution is 0.0691. The van der Waals surface area contributed by atoms with Crippen LogP contribution >= 0.6 is 0 Å². The highest BCUT2D eigenvalue weighted by Gasteiger charge is 2.21. The van der Waals surface area contributed by atoms with Crippen molar-refractivity contribution in [3.63, 3.8) is 0 Å². The predicted octanol–water partition coefficient (Wildman–Crippen LogP) is 3.21. The van der Waals surface area contributed by atoms with Crippen LogP contribution in [0.1, 0.15) is 16.2 Å². The lowest BCUT2D eigenvalue weighted by Gasteiger charge is -2.35. The lowest BCUT2D eigenvalue weighted by atomic mass is 10.0. The number of carbonyl (C=O) groups is 1. The molecule has 1 fully saturated rings. The van der Waals surface area contributed by atoms with E-state index in [1.165, 1.54) is 0 Å². The van der Waals surface area contributed by atoms with E-state index in [-0.39, 0.29) is 12.3 Å². The average Bonchev–Trinajstić information content (AvgIpc) is 3.21. The van der Waals surface area contributed by atoms with E-state index in [0.29, 0.717) is 12.2 Å². The molecule has 0 radical (unpaired) electrons. The number of hydrogen-bond acceptors (Lipinski definition) is 6. The molecule has 2 N–H and O–H groups in total. The molecule has 5 rings (SSSR count). The average molecular weight is 458 g/mol. The van der Waals surface area contributed by atoms with Gasteiger partial charge in [0, 0.05) is 38.4 Å². The summed E-state index contributed by atoms with van der Waals surface area (Å²) in [4.78, 5) is 20.9. The second kappa shape index (κ2) is 9.24. The van der Waals surface area contributed by atoms with E-state index >= 15 is 0 Å². The van der Waals surface area contributed by atoms with E-state index in [4.69, 9.17) is 10.2 Å². The number of rotatable bonds is 6. The van der Waals surface area contributed by atoms with Gasteiger partial charge in [-0.3, -0.25) is 4.90 Å². The van der Waals surface area contributed by atoms with Crippen LogP contribution in [-0.2, 0) is 0 Å². The first-order valence-corrected chi connectivity index (χ1v) is 11.4. The molecule has 2 aromatic heterocycles.